The molecule has 0 saturated heterocycles. The normalized spacial score (nSPS) is 12.0. The first-order valence-corrected chi connectivity index (χ1v) is 6.99. The van der Waals surface area contributed by atoms with E-state index < -0.39 is 0 Å². The van der Waals surface area contributed by atoms with Gasteiger partial charge in [-0.15, -0.1) is 0 Å². The molecule has 0 spiro atoms. The van der Waals surface area contributed by atoms with Gasteiger partial charge in [0, 0.05) is 25.3 Å². The van der Waals surface area contributed by atoms with Crippen LogP contribution in [0.1, 0.15) is 45.9 Å². The van der Waals surface area contributed by atoms with E-state index in [0.717, 1.165) is 38.3 Å². The van der Waals surface area contributed by atoms with Crippen molar-refractivity contribution in [3.63, 3.8) is 0 Å². The molecule has 0 bridgehead atoms. The molecular weight excluding hydrogens is 224 g/mol. The molecule has 18 heavy (non-hydrogen) atoms. The highest BCUT2D eigenvalue weighted by Crippen LogP contribution is 2.09. The Balaban J connectivity index is 2.57. The number of nitrogens with two attached hydrogens (primary N) is 1. The first kappa shape index (κ1) is 15.2. The van der Waals surface area contributed by atoms with Crippen LogP contribution in [0.15, 0.2) is 12.3 Å². The van der Waals surface area contributed by atoms with Crippen molar-refractivity contribution in [3.05, 3.63) is 18.0 Å². The van der Waals surface area contributed by atoms with Crippen molar-refractivity contribution < 1.29 is 0 Å². The van der Waals surface area contributed by atoms with Gasteiger partial charge in [0.1, 0.15) is 0 Å². The fourth-order valence-electron chi connectivity index (χ4n) is 2.04. The zero-order chi connectivity index (χ0) is 13.5. The average molecular weight is 252 g/mol. The second kappa shape index (κ2) is 7.54. The van der Waals surface area contributed by atoms with E-state index in [4.69, 9.17) is 5.73 Å². The molecule has 1 aromatic heterocycles. The fraction of sp³-hybridized carbons (Fsp3) is 0.786. The van der Waals surface area contributed by atoms with Gasteiger partial charge in [-0.25, -0.2) is 0 Å². The van der Waals surface area contributed by atoms with E-state index in [-0.39, 0.29) is 0 Å². The van der Waals surface area contributed by atoms with Gasteiger partial charge in [-0.3, -0.25) is 9.58 Å². The summed E-state index contributed by atoms with van der Waals surface area (Å²) >= 11 is 0. The van der Waals surface area contributed by atoms with E-state index in [1.54, 1.807) is 0 Å². The fourth-order valence-corrected chi connectivity index (χ4v) is 2.04. The van der Waals surface area contributed by atoms with Crippen molar-refractivity contribution in [2.24, 2.45) is 11.7 Å². The zero-order valence-corrected chi connectivity index (χ0v) is 12.3. The zero-order valence-electron chi connectivity index (χ0n) is 12.3. The van der Waals surface area contributed by atoms with Gasteiger partial charge in [0.05, 0.1) is 5.69 Å². The Morgan fingerprint density at radius 3 is 2.56 bits per heavy atom. The summed E-state index contributed by atoms with van der Waals surface area (Å²) in [5, 5.41) is 4.61. The topological polar surface area (TPSA) is 47.1 Å². The molecule has 0 radical (unpaired) electrons. The minimum atomic E-state index is 0.432. The smallest absolute Gasteiger partial charge is 0.0764 e. The molecule has 2 N–H and O–H groups in total. The monoisotopic (exact) mass is 252 g/mol. The summed E-state index contributed by atoms with van der Waals surface area (Å²) in [5.74, 6) is 0.676. The summed E-state index contributed by atoms with van der Waals surface area (Å²) in [6.45, 7) is 12.7. The molecule has 0 aliphatic carbocycles. The number of hydrogen-bond donors (Lipinski definition) is 1. The van der Waals surface area contributed by atoms with Crippen molar-refractivity contribution in [2.45, 2.75) is 46.7 Å². The van der Waals surface area contributed by atoms with Gasteiger partial charge in [0.25, 0.3) is 0 Å². The Labute approximate surface area is 111 Å². The quantitative estimate of drug-likeness (QED) is 0.772. The van der Waals surface area contributed by atoms with Crippen LogP contribution in [0.4, 0.5) is 0 Å². The summed E-state index contributed by atoms with van der Waals surface area (Å²) in [7, 11) is 0. The third-order valence-electron chi connectivity index (χ3n) is 2.88. The summed E-state index contributed by atoms with van der Waals surface area (Å²) in [4.78, 5) is 2.45. The lowest BCUT2D eigenvalue weighted by Gasteiger charge is -2.23. The average Bonchev–Trinajstić information content (AvgIpc) is 2.73. The molecule has 0 aliphatic rings. The van der Waals surface area contributed by atoms with Crippen molar-refractivity contribution in [3.8, 4) is 0 Å². The summed E-state index contributed by atoms with van der Waals surface area (Å²) < 4.78 is 2.02. The molecule has 104 valence electrons. The largest absolute Gasteiger partial charge is 0.330 e. The number of nitrogens with zero attached hydrogens (tertiary/aromatic N) is 3. The van der Waals surface area contributed by atoms with Crippen LogP contribution in [0, 0.1) is 5.92 Å². The minimum Gasteiger partial charge on any atom is -0.330 e. The van der Waals surface area contributed by atoms with E-state index in [1.165, 1.54) is 0 Å². The number of hydrogen-bond acceptors (Lipinski definition) is 3. The number of aromatic nitrogens is 2. The molecule has 0 atom stereocenters. The van der Waals surface area contributed by atoms with Gasteiger partial charge in [0.2, 0.25) is 0 Å². The maximum absolute atomic E-state index is 5.60. The van der Waals surface area contributed by atoms with Gasteiger partial charge in [-0.1, -0.05) is 13.8 Å². The second-order valence-electron chi connectivity index (χ2n) is 5.65. The summed E-state index contributed by atoms with van der Waals surface area (Å²) in [5.41, 5.74) is 6.75. The van der Waals surface area contributed by atoms with Gasteiger partial charge in [-0.2, -0.15) is 5.10 Å². The first-order chi connectivity index (χ1) is 8.52. The predicted molar refractivity (Wildman–Crippen MR) is 76.4 cm³/mol. The van der Waals surface area contributed by atoms with E-state index in [2.05, 4.69) is 50.0 Å². The third kappa shape index (κ3) is 5.19. The van der Waals surface area contributed by atoms with Gasteiger partial charge in [0.15, 0.2) is 0 Å². The molecule has 0 saturated carbocycles. The van der Waals surface area contributed by atoms with Gasteiger partial charge < -0.3 is 5.73 Å². The minimum absolute atomic E-state index is 0.432. The predicted octanol–water partition coefficient (Wildman–Crippen LogP) is 2.27. The van der Waals surface area contributed by atoms with Crippen LogP contribution in [0.25, 0.3) is 0 Å². The van der Waals surface area contributed by atoms with Crippen molar-refractivity contribution in [1.29, 1.82) is 0 Å². The molecule has 1 rings (SSSR count). The maximum Gasteiger partial charge on any atom is 0.0764 e. The Hall–Kier alpha value is -0.870. The standard InChI is InChI=1S/C14H28N4/c1-12(2)10-17(8-5-7-15)11-14-6-9-18(16-14)13(3)4/h6,9,12-13H,5,7-8,10-11,15H2,1-4H3. The lowest BCUT2D eigenvalue weighted by Crippen LogP contribution is -2.29. The van der Waals surface area contributed by atoms with E-state index in [1.807, 2.05) is 4.68 Å². The molecule has 0 aliphatic heterocycles. The molecule has 0 unspecified atom stereocenters. The molecule has 1 aromatic rings. The van der Waals surface area contributed by atoms with Gasteiger partial charge in [-0.05, 0) is 45.3 Å². The van der Waals surface area contributed by atoms with Crippen LogP contribution < -0.4 is 5.73 Å². The molecule has 0 amide bonds. The first-order valence-electron chi connectivity index (χ1n) is 6.99. The Morgan fingerprint density at radius 1 is 1.33 bits per heavy atom. The molecular formula is C14H28N4. The highest BCUT2D eigenvalue weighted by molar-refractivity contribution is 4.99. The van der Waals surface area contributed by atoms with Crippen molar-refractivity contribution in [2.75, 3.05) is 19.6 Å². The second-order valence-corrected chi connectivity index (χ2v) is 5.65. The Bertz CT molecular complexity index is 330. The summed E-state index contributed by atoms with van der Waals surface area (Å²) in [6.07, 6.45) is 3.12. The van der Waals surface area contributed by atoms with E-state index >= 15 is 0 Å². The lowest BCUT2D eigenvalue weighted by molar-refractivity contribution is 0.231. The van der Waals surface area contributed by atoms with Crippen LogP contribution in [0.5, 0.6) is 0 Å². The van der Waals surface area contributed by atoms with Crippen LogP contribution in [-0.4, -0.2) is 34.3 Å². The highest BCUT2D eigenvalue weighted by Gasteiger charge is 2.10. The molecule has 0 fully saturated rings. The van der Waals surface area contributed by atoms with Crippen LogP contribution in [0.3, 0.4) is 0 Å². The highest BCUT2D eigenvalue weighted by atomic mass is 15.3. The third-order valence-corrected chi connectivity index (χ3v) is 2.88. The number of rotatable bonds is 8. The van der Waals surface area contributed by atoms with E-state index in [9.17, 15) is 0 Å². The Kier molecular flexibility index (Phi) is 6.36. The lowest BCUT2D eigenvalue weighted by atomic mass is 10.2. The molecule has 0 aromatic carbocycles. The van der Waals surface area contributed by atoms with Crippen molar-refractivity contribution in [1.82, 2.24) is 14.7 Å². The van der Waals surface area contributed by atoms with E-state index in [0.29, 0.717) is 12.0 Å². The molecule has 4 nitrogen and oxygen atoms in total. The van der Waals surface area contributed by atoms with Crippen LogP contribution >= 0.6 is 0 Å². The van der Waals surface area contributed by atoms with Gasteiger partial charge >= 0.3 is 0 Å². The van der Waals surface area contributed by atoms with Crippen LogP contribution in [0.2, 0.25) is 0 Å². The van der Waals surface area contributed by atoms with Crippen molar-refractivity contribution >= 4 is 0 Å². The molecule has 4 heteroatoms. The maximum atomic E-state index is 5.60. The molecule has 1 heterocycles. The Morgan fingerprint density at radius 2 is 2.06 bits per heavy atom. The summed E-state index contributed by atoms with van der Waals surface area (Å²) in [6, 6.07) is 2.55. The van der Waals surface area contributed by atoms with Crippen LogP contribution in [-0.2, 0) is 6.54 Å². The SMILES string of the molecule is CC(C)CN(CCCN)Cc1ccn(C(C)C)n1.